The maximum Gasteiger partial charge on any atom is 0.255 e. The van der Waals surface area contributed by atoms with Crippen LogP contribution in [0.5, 0.6) is 5.75 Å². The number of anilines is 2. The Morgan fingerprint density at radius 3 is 2.44 bits per heavy atom. The predicted octanol–water partition coefficient (Wildman–Crippen LogP) is 4.82. The van der Waals surface area contributed by atoms with Gasteiger partial charge in [0.25, 0.3) is 5.91 Å². The Balaban J connectivity index is 0.00000225. The summed E-state index contributed by atoms with van der Waals surface area (Å²) in [6, 6.07) is 13.1. The lowest BCUT2D eigenvalue weighted by Gasteiger charge is -2.21. The highest BCUT2D eigenvalue weighted by Crippen LogP contribution is 2.43. The molecule has 1 fully saturated rings. The molecule has 2 aromatic rings. The molecule has 2 aromatic carbocycles. The van der Waals surface area contributed by atoms with Crippen LogP contribution < -0.4 is 15.8 Å². The summed E-state index contributed by atoms with van der Waals surface area (Å²) in [4.78, 5) is 12.4. The minimum Gasteiger partial charge on any atom is -0.495 e. The molecule has 25 heavy (non-hydrogen) atoms. The van der Waals surface area contributed by atoms with Crippen LogP contribution in [0, 0.1) is 0 Å². The average molecular weight is 397 g/mol. The lowest BCUT2D eigenvalue weighted by atomic mass is 10.1. The van der Waals surface area contributed by atoms with Crippen LogP contribution in [0.3, 0.4) is 0 Å². The first kappa shape index (κ1) is 19.8. The monoisotopic (exact) mass is 396 g/mol. The second-order valence-electron chi connectivity index (χ2n) is 5.46. The van der Waals surface area contributed by atoms with Crippen LogP contribution in [0.2, 0.25) is 0 Å². The number of hydrogen-bond acceptors (Lipinski definition) is 5. The van der Waals surface area contributed by atoms with Gasteiger partial charge in [0.2, 0.25) is 0 Å². The molecule has 134 valence electrons. The van der Waals surface area contributed by atoms with Crippen LogP contribution in [0.25, 0.3) is 0 Å². The van der Waals surface area contributed by atoms with Crippen LogP contribution in [0.4, 0.5) is 11.4 Å². The molecular weight excluding hydrogens is 376 g/mol. The zero-order chi connectivity index (χ0) is 16.9. The molecule has 1 aliphatic rings. The third-order valence-corrected chi connectivity index (χ3v) is 6.77. The molecule has 0 spiro atoms. The zero-order valence-electron chi connectivity index (χ0n) is 13.9. The molecule has 0 atom stereocenters. The number of rotatable bonds is 4. The standard InChI is InChI=1S/C18H20N2O2S2.ClH/c1-22-16-8-7-14(11-15(16)19)20-17(21)12-3-5-13(6-4-12)18-23-9-2-10-24-18;/h3-8,11,18H,2,9-10,19H2,1H3,(H,20,21);1H. The van der Waals surface area contributed by atoms with E-state index in [9.17, 15) is 4.79 Å². The van der Waals surface area contributed by atoms with Crippen molar-refractivity contribution >= 4 is 53.2 Å². The number of hydrogen-bond donors (Lipinski definition) is 2. The van der Waals surface area contributed by atoms with Crippen molar-refractivity contribution in [3.63, 3.8) is 0 Å². The smallest absolute Gasteiger partial charge is 0.255 e. The molecule has 1 saturated heterocycles. The summed E-state index contributed by atoms with van der Waals surface area (Å²) in [7, 11) is 1.56. The van der Waals surface area contributed by atoms with Crippen molar-refractivity contribution in [2.24, 2.45) is 0 Å². The van der Waals surface area contributed by atoms with Gasteiger partial charge in [-0.25, -0.2) is 0 Å². The van der Waals surface area contributed by atoms with Crippen LogP contribution in [0.15, 0.2) is 42.5 Å². The quantitative estimate of drug-likeness (QED) is 0.725. The van der Waals surface area contributed by atoms with Crippen LogP contribution in [0.1, 0.15) is 26.9 Å². The van der Waals surface area contributed by atoms with E-state index in [4.69, 9.17) is 10.5 Å². The van der Waals surface area contributed by atoms with E-state index in [-0.39, 0.29) is 18.3 Å². The molecule has 0 bridgehead atoms. The second kappa shape index (κ2) is 9.27. The van der Waals surface area contributed by atoms with E-state index < -0.39 is 0 Å². The van der Waals surface area contributed by atoms with Gasteiger partial charge in [0.15, 0.2) is 0 Å². The van der Waals surface area contributed by atoms with Gasteiger partial charge in [-0.05, 0) is 53.8 Å². The molecular formula is C18H21ClN2O2S2. The fourth-order valence-electron chi connectivity index (χ4n) is 2.49. The normalized spacial score (nSPS) is 14.4. The van der Waals surface area contributed by atoms with Crippen LogP contribution in [-0.2, 0) is 0 Å². The largest absolute Gasteiger partial charge is 0.495 e. The lowest BCUT2D eigenvalue weighted by Crippen LogP contribution is -2.12. The number of nitrogens with one attached hydrogen (secondary N) is 1. The van der Waals surface area contributed by atoms with Gasteiger partial charge in [-0.1, -0.05) is 12.1 Å². The number of nitrogens with two attached hydrogens (primary N) is 1. The highest BCUT2D eigenvalue weighted by Gasteiger charge is 2.17. The zero-order valence-corrected chi connectivity index (χ0v) is 16.3. The highest BCUT2D eigenvalue weighted by molar-refractivity contribution is 8.16. The lowest BCUT2D eigenvalue weighted by molar-refractivity contribution is 0.102. The van der Waals surface area contributed by atoms with Crippen molar-refractivity contribution in [3.05, 3.63) is 53.6 Å². The van der Waals surface area contributed by atoms with E-state index in [1.807, 2.05) is 47.8 Å². The molecule has 4 nitrogen and oxygen atoms in total. The van der Waals surface area contributed by atoms with Crippen molar-refractivity contribution < 1.29 is 9.53 Å². The summed E-state index contributed by atoms with van der Waals surface area (Å²) in [6.07, 6.45) is 1.28. The van der Waals surface area contributed by atoms with E-state index in [1.165, 1.54) is 23.5 Å². The molecule has 0 unspecified atom stereocenters. The molecule has 1 heterocycles. The first-order valence-electron chi connectivity index (χ1n) is 7.75. The van der Waals surface area contributed by atoms with Gasteiger partial charge in [0.1, 0.15) is 5.75 Å². The van der Waals surface area contributed by atoms with E-state index >= 15 is 0 Å². The number of ether oxygens (including phenoxy) is 1. The molecule has 0 aliphatic carbocycles. The van der Waals surface area contributed by atoms with E-state index in [1.54, 1.807) is 25.3 Å². The molecule has 0 saturated carbocycles. The number of halogens is 1. The van der Waals surface area contributed by atoms with Gasteiger partial charge < -0.3 is 15.8 Å². The first-order chi connectivity index (χ1) is 11.7. The van der Waals surface area contributed by atoms with Crippen molar-refractivity contribution in [1.82, 2.24) is 0 Å². The van der Waals surface area contributed by atoms with E-state index in [0.717, 1.165) is 0 Å². The molecule has 0 aromatic heterocycles. The number of methoxy groups -OCH3 is 1. The Morgan fingerprint density at radius 1 is 1.16 bits per heavy atom. The molecule has 7 heteroatoms. The number of nitrogen functional groups attached to an aromatic ring is 1. The van der Waals surface area contributed by atoms with Crippen molar-refractivity contribution in [1.29, 1.82) is 0 Å². The maximum atomic E-state index is 12.4. The van der Waals surface area contributed by atoms with Gasteiger partial charge in [0.05, 0.1) is 17.4 Å². The first-order valence-corrected chi connectivity index (χ1v) is 9.85. The van der Waals surface area contributed by atoms with Gasteiger partial charge in [0, 0.05) is 11.3 Å². The number of amides is 1. The highest BCUT2D eigenvalue weighted by atomic mass is 35.5. The summed E-state index contributed by atoms with van der Waals surface area (Å²) >= 11 is 3.95. The molecule has 1 aliphatic heterocycles. The Hall–Kier alpha value is -1.50. The topological polar surface area (TPSA) is 64.3 Å². The third kappa shape index (κ3) is 5.00. The minimum absolute atomic E-state index is 0. The van der Waals surface area contributed by atoms with E-state index in [0.29, 0.717) is 27.3 Å². The van der Waals surface area contributed by atoms with Crippen LogP contribution >= 0.6 is 35.9 Å². The van der Waals surface area contributed by atoms with Gasteiger partial charge in [-0.2, -0.15) is 0 Å². The minimum atomic E-state index is -0.143. The second-order valence-corrected chi connectivity index (χ2v) is 8.18. The van der Waals surface area contributed by atoms with Gasteiger partial charge in [-0.3, -0.25) is 4.79 Å². The molecule has 0 radical (unpaired) electrons. The van der Waals surface area contributed by atoms with E-state index in [2.05, 4.69) is 5.32 Å². The molecule has 3 N–H and O–H groups in total. The number of thioether (sulfide) groups is 2. The summed E-state index contributed by atoms with van der Waals surface area (Å²) in [5, 5.41) is 2.86. The Kier molecular flexibility index (Phi) is 7.35. The number of carbonyl (C=O) groups excluding carboxylic acids is 1. The van der Waals surface area contributed by atoms with Crippen molar-refractivity contribution in [3.8, 4) is 5.75 Å². The predicted molar refractivity (Wildman–Crippen MR) is 111 cm³/mol. The summed E-state index contributed by atoms with van der Waals surface area (Å²) in [5.41, 5.74) is 8.93. The number of benzene rings is 2. The molecule has 1 amide bonds. The van der Waals surface area contributed by atoms with Gasteiger partial charge >= 0.3 is 0 Å². The Bertz CT molecular complexity index is 720. The maximum absolute atomic E-state index is 12.4. The van der Waals surface area contributed by atoms with Crippen molar-refractivity contribution in [2.45, 2.75) is 11.0 Å². The summed E-state index contributed by atoms with van der Waals surface area (Å²) in [6.45, 7) is 0. The number of carbonyl (C=O) groups is 1. The summed E-state index contributed by atoms with van der Waals surface area (Å²) in [5.74, 6) is 2.87. The summed E-state index contributed by atoms with van der Waals surface area (Å²) < 4.78 is 5.60. The SMILES string of the molecule is COc1ccc(NC(=O)c2ccc(C3SCCCS3)cc2)cc1N.Cl. The average Bonchev–Trinajstić information content (AvgIpc) is 2.63. The fraction of sp³-hybridized carbons (Fsp3) is 0.278. The Labute approximate surface area is 162 Å². The third-order valence-electron chi connectivity index (χ3n) is 3.76. The Morgan fingerprint density at radius 2 is 1.84 bits per heavy atom. The van der Waals surface area contributed by atoms with Crippen LogP contribution in [-0.4, -0.2) is 24.5 Å². The fourth-order valence-corrected chi connectivity index (χ4v) is 5.38. The van der Waals surface area contributed by atoms with Gasteiger partial charge in [-0.15, -0.1) is 35.9 Å². The van der Waals surface area contributed by atoms with Crippen molar-refractivity contribution in [2.75, 3.05) is 29.7 Å². The molecule has 3 rings (SSSR count).